The lowest BCUT2D eigenvalue weighted by atomic mass is 9.98. The summed E-state index contributed by atoms with van der Waals surface area (Å²) in [4.78, 5) is 40.4. The van der Waals surface area contributed by atoms with Gasteiger partial charge in [-0.1, -0.05) is 12.1 Å². The van der Waals surface area contributed by atoms with Gasteiger partial charge in [0.25, 0.3) is 5.91 Å². The van der Waals surface area contributed by atoms with Gasteiger partial charge in [0, 0.05) is 37.2 Å². The van der Waals surface area contributed by atoms with Gasteiger partial charge in [0.05, 0.1) is 0 Å². The third kappa shape index (κ3) is 3.15. The highest BCUT2D eigenvalue weighted by molar-refractivity contribution is 6.05. The summed E-state index contributed by atoms with van der Waals surface area (Å²) in [5, 5.41) is 2.34. The molecule has 27 heavy (non-hydrogen) atoms. The number of carbonyl (C=O) groups is 3. The molecule has 3 N–H and O–H groups in total. The van der Waals surface area contributed by atoms with E-state index in [2.05, 4.69) is 23.2 Å². The third-order valence-corrected chi connectivity index (χ3v) is 6.31. The molecule has 7 nitrogen and oxygen atoms in total. The van der Waals surface area contributed by atoms with Crippen LogP contribution in [0.1, 0.15) is 54.1 Å². The zero-order valence-corrected chi connectivity index (χ0v) is 15.7. The molecule has 7 heteroatoms. The van der Waals surface area contributed by atoms with Gasteiger partial charge in [-0.15, -0.1) is 0 Å². The predicted molar refractivity (Wildman–Crippen MR) is 99.6 cm³/mol. The SMILES string of the molecule is CC1(CN)CCCN1Cc1ccc2c(c1)C(=O)N(C1CCC(=O)NC1=O)C2. The second-order valence-electron chi connectivity index (χ2n) is 8.12. The van der Waals surface area contributed by atoms with Gasteiger partial charge in [-0.05, 0) is 49.9 Å². The maximum absolute atomic E-state index is 12.9. The van der Waals surface area contributed by atoms with E-state index >= 15 is 0 Å². The van der Waals surface area contributed by atoms with E-state index in [9.17, 15) is 14.4 Å². The van der Waals surface area contributed by atoms with E-state index < -0.39 is 6.04 Å². The molecule has 0 aliphatic carbocycles. The Morgan fingerprint density at radius 2 is 2.11 bits per heavy atom. The maximum atomic E-state index is 12.9. The van der Waals surface area contributed by atoms with Gasteiger partial charge in [0.1, 0.15) is 6.04 Å². The van der Waals surface area contributed by atoms with Crippen LogP contribution in [0.3, 0.4) is 0 Å². The molecule has 3 aliphatic rings. The number of benzene rings is 1. The zero-order valence-electron chi connectivity index (χ0n) is 15.7. The molecule has 3 aliphatic heterocycles. The van der Waals surface area contributed by atoms with Crippen LogP contribution >= 0.6 is 0 Å². The van der Waals surface area contributed by atoms with Crippen molar-refractivity contribution in [1.29, 1.82) is 0 Å². The number of nitrogens with two attached hydrogens (primary N) is 1. The van der Waals surface area contributed by atoms with Crippen molar-refractivity contribution in [3.8, 4) is 0 Å². The van der Waals surface area contributed by atoms with Crippen LogP contribution in [0.25, 0.3) is 0 Å². The molecule has 2 fully saturated rings. The number of piperidine rings is 1. The Hall–Kier alpha value is -2.25. The van der Waals surface area contributed by atoms with Crippen molar-refractivity contribution in [3.63, 3.8) is 0 Å². The molecule has 0 aromatic heterocycles. The van der Waals surface area contributed by atoms with Crippen LogP contribution in [0.4, 0.5) is 0 Å². The van der Waals surface area contributed by atoms with Gasteiger partial charge < -0.3 is 10.6 Å². The second kappa shape index (κ2) is 6.73. The number of nitrogens with one attached hydrogen (secondary N) is 1. The van der Waals surface area contributed by atoms with Crippen LogP contribution in [0.5, 0.6) is 0 Å². The lowest BCUT2D eigenvalue weighted by molar-refractivity contribution is -0.136. The Balaban J connectivity index is 1.52. The van der Waals surface area contributed by atoms with Crippen LogP contribution in [0.15, 0.2) is 18.2 Å². The number of nitrogens with zero attached hydrogens (tertiary/aromatic N) is 2. The summed E-state index contributed by atoms with van der Waals surface area (Å²) in [5.74, 6) is -0.760. The van der Waals surface area contributed by atoms with E-state index in [4.69, 9.17) is 5.73 Å². The Morgan fingerprint density at radius 3 is 2.85 bits per heavy atom. The highest BCUT2D eigenvalue weighted by Gasteiger charge is 2.39. The standard InChI is InChI=1S/C20H26N4O3/c1-20(12-21)7-2-8-23(20)10-13-3-4-14-11-24(19(27)15(14)9-13)16-5-6-17(25)22-18(16)26/h3-4,9,16H,2,5-8,10-12,21H2,1H3,(H,22,25,26). The van der Waals surface area contributed by atoms with Crippen molar-refractivity contribution in [1.82, 2.24) is 15.1 Å². The van der Waals surface area contributed by atoms with Gasteiger partial charge in [-0.25, -0.2) is 0 Å². The van der Waals surface area contributed by atoms with Crippen molar-refractivity contribution in [2.45, 2.75) is 57.3 Å². The monoisotopic (exact) mass is 370 g/mol. The lowest BCUT2D eigenvalue weighted by Crippen LogP contribution is -2.52. The van der Waals surface area contributed by atoms with Crippen molar-refractivity contribution in [2.75, 3.05) is 13.1 Å². The highest BCUT2D eigenvalue weighted by Crippen LogP contribution is 2.32. The Morgan fingerprint density at radius 1 is 1.30 bits per heavy atom. The summed E-state index contributed by atoms with van der Waals surface area (Å²) in [7, 11) is 0. The first-order valence-electron chi connectivity index (χ1n) is 9.63. The first kappa shape index (κ1) is 18.1. The van der Waals surface area contributed by atoms with Crippen molar-refractivity contribution >= 4 is 17.7 Å². The number of amides is 3. The summed E-state index contributed by atoms with van der Waals surface area (Å²) >= 11 is 0. The fraction of sp³-hybridized carbons (Fsp3) is 0.550. The molecule has 2 unspecified atom stereocenters. The van der Waals surface area contributed by atoms with Crippen molar-refractivity contribution in [2.24, 2.45) is 5.73 Å². The molecular weight excluding hydrogens is 344 g/mol. The number of hydrogen-bond donors (Lipinski definition) is 2. The number of hydrogen-bond acceptors (Lipinski definition) is 5. The number of fused-ring (bicyclic) bond motifs is 1. The summed E-state index contributed by atoms with van der Waals surface area (Å²) in [6.07, 6.45) is 2.89. The molecule has 3 heterocycles. The Labute approximate surface area is 158 Å². The number of rotatable bonds is 4. The van der Waals surface area contributed by atoms with Crippen LogP contribution in [0, 0.1) is 0 Å². The van der Waals surface area contributed by atoms with E-state index in [1.54, 1.807) is 4.90 Å². The normalized spacial score (nSPS) is 28.6. The minimum atomic E-state index is -0.565. The van der Waals surface area contributed by atoms with Gasteiger partial charge in [-0.3, -0.25) is 24.6 Å². The van der Waals surface area contributed by atoms with E-state index in [1.807, 2.05) is 12.1 Å². The molecule has 0 spiro atoms. The van der Waals surface area contributed by atoms with Gasteiger partial charge in [0.2, 0.25) is 11.8 Å². The molecule has 3 amide bonds. The predicted octanol–water partition coefficient (Wildman–Crippen LogP) is 0.761. The maximum Gasteiger partial charge on any atom is 0.255 e. The largest absolute Gasteiger partial charge is 0.329 e. The second-order valence-corrected chi connectivity index (χ2v) is 8.12. The van der Waals surface area contributed by atoms with E-state index in [0.29, 0.717) is 25.1 Å². The van der Waals surface area contributed by atoms with Crippen LogP contribution in [-0.2, 0) is 22.7 Å². The first-order valence-corrected chi connectivity index (χ1v) is 9.63. The van der Waals surface area contributed by atoms with Gasteiger partial charge >= 0.3 is 0 Å². The molecule has 0 bridgehead atoms. The molecular formula is C20H26N4O3. The average molecular weight is 370 g/mol. The molecule has 144 valence electrons. The molecule has 2 saturated heterocycles. The molecule has 0 saturated carbocycles. The molecule has 2 atom stereocenters. The summed E-state index contributed by atoms with van der Waals surface area (Å²) in [6, 6.07) is 5.45. The fourth-order valence-electron chi connectivity index (χ4n) is 4.50. The van der Waals surface area contributed by atoms with Crippen molar-refractivity contribution in [3.05, 3.63) is 34.9 Å². The number of carbonyl (C=O) groups excluding carboxylic acids is 3. The topological polar surface area (TPSA) is 95.7 Å². The molecule has 1 aromatic carbocycles. The first-order chi connectivity index (χ1) is 12.9. The average Bonchev–Trinajstić information content (AvgIpc) is 3.17. The minimum Gasteiger partial charge on any atom is -0.329 e. The van der Waals surface area contributed by atoms with Crippen LogP contribution < -0.4 is 11.1 Å². The van der Waals surface area contributed by atoms with Crippen LogP contribution in [0.2, 0.25) is 0 Å². The molecule has 4 rings (SSSR count). The fourth-order valence-corrected chi connectivity index (χ4v) is 4.50. The minimum absolute atomic E-state index is 0.0157. The molecule has 1 aromatic rings. The lowest BCUT2D eigenvalue weighted by Gasteiger charge is -2.34. The Bertz CT molecular complexity index is 808. The quantitative estimate of drug-likeness (QED) is 0.763. The van der Waals surface area contributed by atoms with E-state index in [-0.39, 0.29) is 29.7 Å². The van der Waals surface area contributed by atoms with Crippen molar-refractivity contribution < 1.29 is 14.4 Å². The molecule has 0 radical (unpaired) electrons. The number of imide groups is 1. The summed E-state index contributed by atoms with van der Waals surface area (Å²) in [5.41, 5.74) is 8.70. The highest BCUT2D eigenvalue weighted by atomic mass is 16.2. The van der Waals surface area contributed by atoms with Gasteiger partial charge in [-0.2, -0.15) is 0 Å². The van der Waals surface area contributed by atoms with Crippen LogP contribution in [-0.4, -0.2) is 52.2 Å². The summed E-state index contributed by atoms with van der Waals surface area (Å²) in [6.45, 7) is 5.03. The van der Waals surface area contributed by atoms with E-state index in [1.165, 1.54) is 0 Å². The number of likely N-dealkylation sites (tertiary alicyclic amines) is 1. The Kier molecular flexibility index (Phi) is 4.52. The zero-order chi connectivity index (χ0) is 19.2. The summed E-state index contributed by atoms with van der Waals surface area (Å²) < 4.78 is 0. The van der Waals surface area contributed by atoms with Gasteiger partial charge in [0.15, 0.2) is 0 Å². The van der Waals surface area contributed by atoms with E-state index in [0.717, 1.165) is 37.1 Å². The third-order valence-electron chi connectivity index (χ3n) is 6.31. The smallest absolute Gasteiger partial charge is 0.255 e.